The van der Waals surface area contributed by atoms with Crippen LogP contribution in [0.15, 0.2) is 35.2 Å². The summed E-state index contributed by atoms with van der Waals surface area (Å²) in [4.78, 5) is 24.1. The molecule has 1 unspecified atom stereocenters. The van der Waals surface area contributed by atoms with Crippen molar-refractivity contribution in [3.05, 3.63) is 30.3 Å². The molecule has 1 aromatic carbocycles. The molecular weight excluding hydrogens is 296 g/mol. The molecule has 2 rings (SSSR count). The second-order valence-electron chi connectivity index (χ2n) is 4.75. The van der Waals surface area contributed by atoms with E-state index >= 15 is 0 Å². The number of carbonyl (C=O) groups is 2. The molecule has 0 aromatic heterocycles. The van der Waals surface area contributed by atoms with E-state index < -0.39 is 22.0 Å². The molecule has 8 heteroatoms. The zero-order chi connectivity index (χ0) is 15.6. The molecule has 1 atom stereocenters. The number of carboxylic acids is 1. The molecule has 0 spiro atoms. The highest BCUT2D eigenvalue weighted by Crippen LogP contribution is 2.21. The second-order valence-corrected chi connectivity index (χ2v) is 6.64. The fraction of sp³-hybridized carbons (Fsp3) is 0.385. The van der Waals surface area contributed by atoms with Gasteiger partial charge in [0.25, 0.3) is 0 Å². The zero-order valence-corrected chi connectivity index (χ0v) is 12.3. The van der Waals surface area contributed by atoms with Crippen LogP contribution in [0.2, 0.25) is 0 Å². The highest BCUT2D eigenvalue weighted by Gasteiger charge is 2.40. The molecule has 1 aliphatic rings. The number of carboxylic acid groups (broad SMARTS) is 1. The number of sulfonamides is 1. The van der Waals surface area contributed by atoms with Gasteiger partial charge in [-0.3, -0.25) is 9.59 Å². The summed E-state index contributed by atoms with van der Waals surface area (Å²) >= 11 is 0. The van der Waals surface area contributed by atoms with E-state index in [0.29, 0.717) is 0 Å². The molecule has 0 radical (unpaired) electrons. The lowest BCUT2D eigenvalue weighted by Gasteiger charge is -2.37. The van der Waals surface area contributed by atoms with Gasteiger partial charge in [0.1, 0.15) is 6.04 Å². The van der Waals surface area contributed by atoms with E-state index in [2.05, 4.69) is 0 Å². The fourth-order valence-corrected chi connectivity index (χ4v) is 3.85. The number of hydrogen-bond acceptors (Lipinski definition) is 4. The Hall–Kier alpha value is -1.93. The van der Waals surface area contributed by atoms with E-state index in [0.717, 1.165) is 4.31 Å². The Kier molecular flexibility index (Phi) is 4.29. The van der Waals surface area contributed by atoms with Crippen LogP contribution in [0.1, 0.15) is 6.92 Å². The monoisotopic (exact) mass is 312 g/mol. The predicted molar refractivity (Wildman–Crippen MR) is 74.0 cm³/mol. The Morgan fingerprint density at radius 1 is 1.19 bits per heavy atom. The number of carbonyl (C=O) groups excluding carboxylic acids is 1. The van der Waals surface area contributed by atoms with Gasteiger partial charge in [-0.15, -0.1) is 0 Å². The zero-order valence-electron chi connectivity index (χ0n) is 11.5. The molecule has 1 amide bonds. The predicted octanol–water partition coefficient (Wildman–Crippen LogP) is -0.00740. The molecule has 1 saturated heterocycles. The molecule has 0 bridgehead atoms. The van der Waals surface area contributed by atoms with Crippen molar-refractivity contribution in [1.29, 1.82) is 0 Å². The lowest BCUT2D eigenvalue weighted by molar-refractivity contribution is -0.145. The summed E-state index contributed by atoms with van der Waals surface area (Å²) in [6, 6.07) is 6.41. The van der Waals surface area contributed by atoms with Crippen LogP contribution >= 0.6 is 0 Å². The van der Waals surface area contributed by atoms with Gasteiger partial charge in [-0.05, 0) is 12.1 Å². The van der Waals surface area contributed by atoms with Crippen molar-refractivity contribution in [3.8, 4) is 0 Å². The van der Waals surface area contributed by atoms with Crippen molar-refractivity contribution in [2.24, 2.45) is 0 Å². The molecule has 0 aliphatic carbocycles. The van der Waals surface area contributed by atoms with Gasteiger partial charge in [0.2, 0.25) is 15.9 Å². The SMILES string of the molecule is CC(=O)N1CCN(S(=O)(=O)c2ccccc2)C(C(=O)O)C1. The van der Waals surface area contributed by atoms with Gasteiger partial charge in [0.05, 0.1) is 4.90 Å². The van der Waals surface area contributed by atoms with E-state index in [-0.39, 0.29) is 30.4 Å². The number of piperazine rings is 1. The summed E-state index contributed by atoms with van der Waals surface area (Å²) in [6.45, 7) is 1.34. The molecule has 21 heavy (non-hydrogen) atoms. The summed E-state index contributed by atoms with van der Waals surface area (Å²) in [7, 11) is -3.89. The highest BCUT2D eigenvalue weighted by atomic mass is 32.2. The standard InChI is InChI=1S/C13H16N2O5S/c1-10(16)14-7-8-15(12(9-14)13(17)18)21(19,20)11-5-3-2-4-6-11/h2-6,12H,7-9H2,1H3,(H,17,18). The first kappa shape index (κ1) is 15.5. The molecule has 1 N–H and O–H groups in total. The maximum absolute atomic E-state index is 12.5. The highest BCUT2D eigenvalue weighted by molar-refractivity contribution is 7.89. The molecule has 7 nitrogen and oxygen atoms in total. The van der Waals surface area contributed by atoms with Crippen LogP contribution in [0.4, 0.5) is 0 Å². The van der Waals surface area contributed by atoms with Crippen LogP contribution in [0.5, 0.6) is 0 Å². The molecular formula is C13H16N2O5S. The molecule has 1 aliphatic heterocycles. The number of hydrogen-bond donors (Lipinski definition) is 1. The van der Waals surface area contributed by atoms with Gasteiger partial charge >= 0.3 is 5.97 Å². The lowest BCUT2D eigenvalue weighted by atomic mass is 10.2. The van der Waals surface area contributed by atoms with Gasteiger partial charge in [-0.25, -0.2) is 8.42 Å². The van der Waals surface area contributed by atoms with Crippen LogP contribution in [-0.2, 0) is 19.6 Å². The normalized spacial score (nSPS) is 20.2. The summed E-state index contributed by atoms with van der Waals surface area (Å²) in [5.41, 5.74) is 0. The van der Waals surface area contributed by atoms with E-state index in [4.69, 9.17) is 0 Å². The van der Waals surface area contributed by atoms with Crippen LogP contribution < -0.4 is 0 Å². The number of rotatable bonds is 3. The van der Waals surface area contributed by atoms with Crippen molar-refractivity contribution in [1.82, 2.24) is 9.21 Å². The largest absolute Gasteiger partial charge is 0.480 e. The summed E-state index contributed by atoms with van der Waals surface area (Å²) in [6.07, 6.45) is 0. The molecule has 1 aromatic rings. The average Bonchev–Trinajstić information content (AvgIpc) is 2.47. The van der Waals surface area contributed by atoms with Gasteiger partial charge in [-0.1, -0.05) is 18.2 Å². The maximum atomic E-state index is 12.5. The Balaban J connectivity index is 2.34. The molecule has 0 saturated carbocycles. The van der Waals surface area contributed by atoms with Crippen molar-refractivity contribution in [3.63, 3.8) is 0 Å². The van der Waals surface area contributed by atoms with Crippen LogP contribution in [0.3, 0.4) is 0 Å². The number of nitrogens with zero attached hydrogens (tertiary/aromatic N) is 2. The Morgan fingerprint density at radius 2 is 1.81 bits per heavy atom. The Morgan fingerprint density at radius 3 is 2.33 bits per heavy atom. The minimum absolute atomic E-state index is 0.0340. The first-order valence-corrected chi connectivity index (χ1v) is 7.83. The fourth-order valence-electron chi connectivity index (χ4n) is 2.27. The minimum atomic E-state index is -3.89. The first-order valence-electron chi connectivity index (χ1n) is 6.39. The minimum Gasteiger partial charge on any atom is -0.480 e. The Bertz CT molecular complexity index is 644. The van der Waals surface area contributed by atoms with Crippen molar-refractivity contribution < 1.29 is 23.1 Å². The van der Waals surface area contributed by atoms with Crippen LogP contribution in [-0.4, -0.2) is 60.3 Å². The van der Waals surface area contributed by atoms with Crippen molar-refractivity contribution >= 4 is 21.9 Å². The van der Waals surface area contributed by atoms with E-state index in [1.807, 2.05) is 0 Å². The smallest absolute Gasteiger partial charge is 0.323 e. The van der Waals surface area contributed by atoms with E-state index in [1.165, 1.54) is 24.0 Å². The van der Waals surface area contributed by atoms with E-state index in [9.17, 15) is 23.1 Å². The number of benzene rings is 1. The second kappa shape index (κ2) is 5.82. The lowest BCUT2D eigenvalue weighted by Crippen LogP contribution is -2.58. The van der Waals surface area contributed by atoms with Gasteiger partial charge < -0.3 is 10.0 Å². The third-order valence-electron chi connectivity index (χ3n) is 3.41. The Labute approximate surface area is 122 Å². The van der Waals surface area contributed by atoms with Crippen molar-refractivity contribution in [2.45, 2.75) is 17.9 Å². The van der Waals surface area contributed by atoms with Gasteiger partial charge in [0.15, 0.2) is 0 Å². The summed E-state index contributed by atoms with van der Waals surface area (Å²) in [5, 5.41) is 9.27. The van der Waals surface area contributed by atoms with Gasteiger partial charge in [0, 0.05) is 26.6 Å². The first-order chi connectivity index (χ1) is 9.84. The average molecular weight is 312 g/mol. The molecule has 114 valence electrons. The number of amides is 1. The topological polar surface area (TPSA) is 95.0 Å². The third-order valence-corrected chi connectivity index (χ3v) is 5.33. The molecule has 1 fully saturated rings. The summed E-state index contributed by atoms with van der Waals surface area (Å²) in [5.74, 6) is -1.53. The number of aliphatic carboxylic acids is 1. The quantitative estimate of drug-likeness (QED) is 0.847. The maximum Gasteiger partial charge on any atom is 0.323 e. The van der Waals surface area contributed by atoms with E-state index in [1.54, 1.807) is 18.2 Å². The van der Waals surface area contributed by atoms with Crippen LogP contribution in [0.25, 0.3) is 0 Å². The van der Waals surface area contributed by atoms with Crippen LogP contribution in [0, 0.1) is 0 Å². The van der Waals surface area contributed by atoms with Gasteiger partial charge in [-0.2, -0.15) is 4.31 Å². The third kappa shape index (κ3) is 3.06. The van der Waals surface area contributed by atoms with Crippen molar-refractivity contribution in [2.75, 3.05) is 19.6 Å². The summed E-state index contributed by atoms with van der Waals surface area (Å²) < 4.78 is 26.0. The molecule has 1 heterocycles.